The average molecular weight is 351 g/mol. The molecule has 1 N–H and O–H groups in total. The van der Waals surface area contributed by atoms with E-state index >= 15 is 0 Å². The van der Waals surface area contributed by atoms with Gasteiger partial charge >= 0.3 is 0 Å². The molecule has 5 nitrogen and oxygen atoms in total. The van der Waals surface area contributed by atoms with Crippen molar-refractivity contribution in [1.29, 1.82) is 0 Å². The number of nitrogens with zero attached hydrogens (tertiary/aromatic N) is 2. The minimum Gasteiger partial charge on any atom is -0.496 e. The van der Waals surface area contributed by atoms with Crippen LogP contribution in [0.4, 0.5) is 5.69 Å². The van der Waals surface area contributed by atoms with E-state index in [1.165, 1.54) is 11.3 Å². The van der Waals surface area contributed by atoms with Gasteiger partial charge in [-0.2, -0.15) is 0 Å². The summed E-state index contributed by atoms with van der Waals surface area (Å²) < 4.78 is 5.53. The maximum atomic E-state index is 13.2. The Kier molecular flexibility index (Phi) is 4.80. The molecule has 2 aliphatic rings. The monoisotopic (exact) mass is 351 g/mol. The van der Waals surface area contributed by atoms with Gasteiger partial charge < -0.3 is 19.9 Å². The Morgan fingerprint density at radius 1 is 1.15 bits per heavy atom. The van der Waals surface area contributed by atoms with Gasteiger partial charge in [0.1, 0.15) is 5.75 Å². The molecule has 0 radical (unpaired) electrons. The van der Waals surface area contributed by atoms with Crippen LogP contribution in [0.1, 0.15) is 17.2 Å². The zero-order valence-corrected chi connectivity index (χ0v) is 15.1. The number of hydrogen-bond acceptors (Lipinski definition) is 4. The number of rotatable bonds is 4. The van der Waals surface area contributed by atoms with Crippen LogP contribution >= 0.6 is 0 Å². The molecular formula is C21H25N3O2. The first-order chi connectivity index (χ1) is 12.8. The highest BCUT2D eigenvalue weighted by Gasteiger charge is 2.31. The standard InChI is InChI=1S/C21H25N3O2/c1-26-20-9-5-3-7-17(20)19-14-22-11-13-24(19)21(25)15-23-12-10-16-6-2-4-8-18(16)23/h2-9,19,22H,10-15H2,1H3. The maximum absolute atomic E-state index is 13.2. The maximum Gasteiger partial charge on any atom is 0.242 e. The summed E-state index contributed by atoms with van der Waals surface area (Å²) in [7, 11) is 1.68. The second-order valence-electron chi connectivity index (χ2n) is 6.85. The summed E-state index contributed by atoms with van der Waals surface area (Å²) in [5.41, 5.74) is 3.60. The third-order valence-corrected chi connectivity index (χ3v) is 5.37. The second kappa shape index (κ2) is 7.38. The highest BCUT2D eigenvalue weighted by Crippen LogP contribution is 2.31. The molecule has 1 unspecified atom stereocenters. The molecule has 136 valence electrons. The van der Waals surface area contributed by atoms with Gasteiger partial charge in [0, 0.05) is 37.4 Å². The molecule has 2 aromatic carbocycles. The van der Waals surface area contributed by atoms with Crippen LogP contribution in [0.2, 0.25) is 0 Å². The van der Waals surface area contributed by atoms with Crippen LogP contribution < -0.4 is 15.0 Å². The van der Waals surface area contributed by atoms with E-state index in [0.29, 0.717) is 6.54 Å². The predicted molar refractivity (Wildman–Crippen MR) is 103 cm³/mol. The van der Waals surface area contributed by atoms with Crippen molar-refractivity contribution in [3.63, 3.8) is 0 Å². The van der Waals surface area contributed by atoms with Crippen molar-refractivity contribution in [3.8, 4) is 5.75 Å². The van der Waals surface area contributed by atoms with Crippen molar-refractivity contribution < 1.29 is 9.53 Å². The number of methoxy groups -OCH3 is 1. The fourth-order valence-corrected chi connectivity index (χ4v) is 4.05. The number of benzene rings is 2. The molecule has 1 amide bonds. The first-order valence-corrected chi connectivity index (χ1v) is 9.24. The van der Waals surface area contributed by atoms with Crippen molar-refractivity contribution >= 4 is 11.6 Å². The van der Waals surface area contributed by atoms with Gasteiger partial charge in [0.2, 0.25) is 5.91 Å². The van der Waals surface area contributed by atoms with Crippen LogP contribution in [-0.2, 0) is 11.2 Å². The topological polar surface area (TPSA) is 44.8 Å². The number of hydrogen-bond donors (Lipinski definition) is 1. The molecule has 26 heavy (non-hydrogen) atoms. The SMILES string of the molecule is COc1ccccc1C1CNCCN1C(=O)CN1CCc2ccccc21. The summed E-state index contributed by atoms with van der Waals surface area (Å²) in [5, 5.41) is 3.42. The van der Waals surface area contributed by atoms with Gasteiger partial charge in [-0.05, 0) is 24.1 Å². The molecule has 0 spiro atoms. The van der Waals surface area contributed by atoms with E-state index in [2.05, 4.69) is 34.5 Å². The van der Waals surface area contributed by atoms with Gasteiger partial charge in [0.15, 0.2) is 0 Å². The van der Waals surface area contributed by atoms with Crippen LogP contribution in [0.25, 0.3) is 0 Å². The number of anilines is 1. The average Bonchev–Trinajstić information content (AvgIpc) is 3.11. The molecule has 2 aliphatic heterocycles. The zero-order chi connectivity index (χ0) is 17.9. The van der Waals surface area contributed by atoms with Gasteiger partial charge in [0.05, 0.1) is 19.7 Å². The smallest absolute Gasteiger partial charge is 0.242 e. The summed E-state index contributed by atoms with van der Waals surface area (Å²) in [6.07, 6.45) is 1.01. The lowest BCUT2D eigenvalue weighted by atomic mass is 10.0. The fourth-order valence-electron chi connectivity index (χ4n) is 4.05. The van der Waals surface area contributed by atoms with Crippen LogP contribution in [-0.4, -0.2) is 50.6 Å². The quantitative estimate of drug-likeness (QED) is 0.918. The minimum atomic E-state index is 0.00486. The third kappa shape index (κ3) is 3.15. The Hall–Kier alpha value is -2.53. The van der Waals surface area contributed by atoms with Crippen LogP contribution in [0, 0.1) is 0 Å². The summed E-state index contributed by atoms with van der Waals surface area (Å²) in [6, 6.07) is 16.4. The van der Waals surface area contributed by atoms with Crippen LogP contribution in [0.5, 0.6) is 5.75 Å². The number of nitrogens with one attached hydrogen (secondary N) is 1. The third-order valence-electron chi connectivity index (χ3n) is 5.37. The number of amides is 1. The van der Waals surface area contributed by atoms with E-state index < -0.39 is 0 Å². The molecule has 1 fully saturated rings. The Bertz CT molecular complexity index is 792. The number of carbonyl (C=O) groups excluding carboxylic acids is 1. The van der Waals surface area contributed by atoms with Crippen molar-refractivity contribution in [2.75, 3.05) is 44.7 Å². The van der Waals surface area contributed by atoms with E-state index in [1.54, 1.807) is 7.11 Å². The Morgan fingerprint density at radius 3 is 2.85 bits per heavy atom. The van der Waals surface area contributed by atoms with E-state index in [1.807, 2.05) is 29.2 Å². The first-order valence-electron chi connectivity index (χ1n) is 9.24. The van der Waals surface area contributed by atoms with Gasteiger partial charge in [0.25, 0.3) is 0 Å². The number of carbonyl (C=O) groups is 1. The van der Waals surface area contributed by atoms with E-state index in [0.717, 1.165) is 43.9 Å². The molecule has 0 saturated carbocycles. The van der Waals surface area contributed by atoms with Gasteiger partial charge in [-0.3, -0.25) is 4.79 Å². The van der Waals surface area contributed by atoms with Gasteiger partial charge in [-0.15, -0.1) is 0 Å². The van der Waals surface area contributed by atoms with Crippen LogP contribution in [0.3, 0.4) is 0 Å². The normalized spacial score (nSPS) is 19.3. The molecular weight excluding hydrogens is 326 g/mol. The summed E-state index contributed by atoms with van der Waals surface area (Å²) in [5.74, 6) is 1.02. The molecule has 1 atom stereocenters. The number of piperazine rings is 1. The predicted octanol–water partition coefficient (Wildman–Crippen LogP) is 2.23. The molecule has 5 heteroatoms. The van der Waals surface area contributed by atoms with Gasteiger partial charge in [-0.25, -0.2) is 0 Å². The highest BCUT2D eigenvalue weighted by atomic mass is 16.5. The number of fused-ring (bicyclic) bond motifs is 1. The van der Waals surface area contributed by atoms with Crippen molar-refractivity contribution in [1.82, 2.24) is 10.2 Å². The Morgan fingerprint density at radius 2 is 1.96 bits per heavy atom. The highest BCUT2D eigenvalue weighted by molar-refractivity contribution is 5.83. The minimum absolute atomic E-state index is 0.00486. The zero-order valence-electron chi connectivity index (χ0n) is 15.1. The molecule has 2 heterocycles. The van der Waals surface area contributed by atoms with Crippen LogP contribution in [0.15, 0.2) is 48.5 Å². The molecule has 2 aromatic rings. The van der Waals surface area contributed by atoms with Crippen molar-refractivity contribution in [3.05, 3.63) is 59.7 Å². The fraction of sp³-hybridized carbons (Fsp3) is 0.381. The first kappa shape index (κ1) is 16.9. The number of para-hydroxylation sites is 2. The molecule has 1 saturated heterocycles. The van der Waals surface area contributed by atoms with E-state index in [9.17, 15) is 4.79 Å². The summed E-state index contributed by atoms with van der Waals surface area (Å²) >= 11 is 0. The Labute approximate surface area is 154 Å². The molecule has 0 aliphatic carbocycles. The second-order valence-corrected chi connectivity index (χ2v) is 6.85. The lowest BCUT2D eigenvalue weighted by Gasteiger charge is -2.38. The largest absolute Gasteiger partial charge is 0.496 e. The lowest BCUT2D eigenvalue weighted by molar-refractivity contribution is -0.133. The number of ether oxygens (including phenoxy) is 1. The lowest BCUT2D eigenvalue weighted by Crippen LogP contribution is -2.51. The van der Waals surface area contributed by atoms with Crippen molar-refractivity contribution in [2.24, 2.45) is 0 Å². The molecule has 0 aromatic heterocycles. The van der Waals surface area contributed by atoms with E-state index in [4.69, 9.17) is 4.74 Å². The molecule has 4 rings (SSSR count). The molecule has 0 bridgehead atoms. The van der Waals surface area contributed by atoms with Gasteiger partial charge in [-0.1, -0.05) is 36.4 Å². The summed E-state index contributed by atoms with van der Waals surface area (Å²) in [6.45, 7) is 3.65. The van der Waals surface area contributed by atoms with Crippen molar-refractivity contribution in [2.45, 2.75) is 12.5 Å². The van der Waals surface area contributed by atoms with E-state index in [-0.39, 0.29) is 11.9 Å². The Balaban J connectivity index is 1.54. The summed E-state index contributed by atoms with van der Waals surface area (Å²) in [4.78, 5) is 17.4.